The molecule has 0 aliphatic carbocycles. The zero-order valence-corrected chi connectivity index (χ0v) is 11.9. The minimum absolute atomic E-state index is 0.261. The van der Waals surface area contributed by atoms with Gasteiger partial charge in [0.2, 0.25) is 0 Å². The Morgan fingerprint density at radius 2 is 2.10 bits per heavy atom. The van der Waals surface area contributed by atoms with E-state index in [1.54, 1.807) is 7.05 Å². The quantitative estimate of drug-likeness (QED) is 0.661. The number of benzene rings is 1. The average Bonchev–Trinajstić information content (AvgIpc) is 2.37. The van der Waals surface area contributed by atoms with E-state index in [1.807, 2.05) is 4.90 Å². The highest BCUT2D eigenvalue weighted by Gasteiger charge is 2.31. The molecule has 1 N–H and O–H groups in total. The number of hydrogen-bond acceptors (Lipinski definition) is 5. The fourth-order valence-electron chi connectivity index (χ4n) is 2.61. The molecular weight excluding hydrogens is 279 g/mol. The van der Waals surface area contributed by atoms with Crippen molar-refractivity contribution in [2.24, 2.45) is 0 Å². The number of nitro groups is 1. The molecule has 0 amide bonds. The van der Waals surface area contributed by atoms with Gasteiger partial charge in [0.15, 0.2) is 0 Å². The van der Waals surface area contributed by atoms with Gasteiger partial charge in [0.1, 0.15) is 5.82 Å². The Hall–Kier alpha value is -1.57. The maximum Gasteiger partial charge on any atom is 0.272 e. The summed E-state index contributed by atoms with van der Waals surface area (Å²) in [5.41, 5.74) is -0.560. The van der Waals surface area contributed by atoms with Gasteiger partial charge in [-0.1, -0.05) is 0 Å². The third kappa shape index (κ3) is 4.45. The second kappa shape index (κ2) is 6.46. The van der Waals surface area contributed by atoms with Crippen molar-refractivity contribution < 1.29 is 19.2 Å². The summed E-state index contributed by atoms with van der Waals surface area (Å²) in [5.74, 6) is -0.627. The number of rotatable bonds is 5. The number of ether oxygens (including phenoxy) is 1. The summed E-state index contributed by atoms with van der Waals surface area (Å²) in [4.78, 5) is 12.0. The van der Waals surface area contributed by atoms with Crippen molar-refractivity contribution in [3.8, 4) is 0 Å². The van der Waals surface area contributed by atoms with Crippen LogP contribution in [0.25, 0.3) is 0 Å². The molecule has 1 fully saturated rings. The van der Waals surface area contributed by atoms with Gasteiger partial charge in [-0.15, -0.1) is 0 Å². The molecule has 0 saturated carbocycles. The van der Waals surface area contributed by atoms with Crippen LogP contribution in [0.5, 0.6) is 0 Å². The summed E-state index contributed by atoms with van der Waals surface area (Å²) < 4.78 is 18.6. The van der Waals surface area contributed by atoms with Crippen LogP contribution >= 0.6 is 0 Å². The van der Waals surface area contributed by atoms with Crippen LogP contribution in [0.4, 0.5) is 10.1 Å². The Kier molecular flexibility index (Phi) is 4.87. The van der Waals surface area contributed by atoms with Crippen molar-refractivity contribution in [3.05, 3.63) is 39.7 Å². The number of aliphatic hydroxyl groups is 1. The lowest BCUT2D eigenvalue weighted by Crippen LogP contribution is -2.45. The lowest BCUT2D eigenvalue weighted by atomic mass is 9.94. The Morgan fingerprint density at radius 3 is 2.71 bits per heavy atom. The molecule has 21 heavy (non-hydrogen) atoms. The summed E-state index contributed by atoms with van der Waals surface area (Å²) in [7, 11) is 1.80. The number of nitrogens with zero attached hydrogens (tertiary/aromatic N) is 2. The normalized spacial score (nSPS) is 17.9. The monoisotopic (exact) mass is 298 g/mol. The van der Waals surface area contributed by atoms with Gasteiger partial charge in [0.25, 0.3) is 5.69 Å². The highest BCUT2D eigenvalue weighted by molar-refractivity contribution is 5.35. The maximum absolute atomic E-state index is 13.4. The first-order chi connectivity index (χ1) is 9.88. The average molecular weight is 298 g/mol. The Morgan fingerprint density at radius 1 is 1.43 bits per heavy atom. The SMILES string of the molecule is CN(Cc1cc(F)cc([N+](=O)[O-])c1)CC1(O)CCOCC1. The molecule has 0 radical (unpaired) electrons. The summed E-state index contributed by atoms with van der Waals surface area (Å²) in [6.07, 6.45) is 1.11. The first kappa shape index (κ1) is 15.8. The van der Waals surface area contributed by atoms with Crippen LogP contribution in [0.2, 0.25) is 0 Å². The van der Waals surface area contributed by atoms with Crippen LogP contribution in [-0.4, -0.2) is 47.3 Å². The minimum atomic E-state index is -0.813. The van der Waals surface area contributed by atoms with E-state index in [1.165, 1.54) is 12.1 Å². The highest BCUT2D eigenvalue weighted by atomic mass is 19.1. The molecule has 0 aromatic heterocycles. The van der Waals surface area contributed by atoms with Gasteiger partial charge in [-0.25, -0.2) is 4.39 Å². The predicted molar refractivity (Wildman–Crippen MR) is 74.4 cm³/mol. The number of halogens is 1. The second-order valence-corrected chi connectivity index (χ2v) is 5.58. The Balaban J connectivity index is 2.02. The van der Waals surface area contributed by atoms with Gasteiger partial charge in [-0.05, 0) is 18.7 Å². The second-order valence-electron chi connectivity index (χ2n) is 5.58. The molecule has 1 heterocycles. The van der Waals surface area contributed by atoms with E-state index < -0.39 is 16.3 Å². The van der Waals surface area contributed by atoms with Crippen LogP contribution in [-0.2, 0) is 11.3 Å². The molecule has 1 saturated heterocycles. The number of non-ortho nitro benzene ring substituents is 1. The largest absolute Gasteiger partial charge is 0.388 e. The Bertz CT molecular complexity index is 518. The fourth-order valence-corrected chi connectivity index (χ4v) is 2.61. The molecule has 1 aromatic carbocycles. The maximum atomic E-state index is 13.4. The molecule has 1 aromatic rings. The van der Waals surface area contributed by atoms with Crippen molar-refractivity contribution >= 4 is 5.69 Å². The smallest absolute Gasteiger partial charge is 0.272 e. The number of likely N-dealkylation sites (N-methyl/N-ethyl adjacent to an activating group) is 1. The van der Waals surface area contributed by atoms with Crippen molar-refractivity contribution in [1.82, 2.24) is 4.90 Å². The number of hydrogen-bond donors (Lipinski definition) is 1. The van der Waals surface area contributed by atoms with Crippen LogP contribution in [0.3, 0.4) is 0 Å². The third-order valence-electron chi connectivity index (χ3n) is 3.59. The zero-order chi connectivity index (χ0) is 15.5. The minimum Gasteiger partial charge on any atom is -0.388 e. The van der Waals surface area contributed by atoms with E-state index in [9.17, 15) is 19.6 Å². The van der Waals surface area contributed by atoms with E-state index in [2.05, 4.69) is 0 Å². The van der Waals surface area contributed by atoms with Crippen molar-refractivity contribution in [2.75, 3.05) is 26.8 Å². The van der Waals surface area contributed by atoms with Crippen molar-refractivity contribution in [2.45, 2.75) is 25.0 Å². The molecule has 0 unspecified atom stereocenters. The Labute approximate surface area is 122 Å². The van der Waals surface area contributed by atoms with Crippen LogP contribution in [0.1, 0.15) is 18.4 Å². The first-order valence-electron chi connectivity index (χ1n) is 6.80. The number of nitro benzene ring substituents is 1. The molecule has 0 atom stereocenters. The van der Waals surface area contributed by atoms with Crippen LogP contribution in [0, 0.1) is 15.9 Å². The highest BCUT2D eigenvalue weighted by Crippen LogP contribution is 2.23. The molecule has 7 heteroatoms. The van der Waals surface area contributed by atoms with Crippen molar-refractivity contribution in [1.29, 1.82) is 0 Å². The van der Waals surface area contributed by atoms with E-state index in [-0.39, 0.29) is 5.69 Å². The first-order valence-corrected chi connectivity index (χ1v) is 6.80. The predicted octanol–water partition coefficient (Wildman–Crippen LogP) is 1.71. The van der Waals surface area contributed by atoms with E-state index >= 15 is 0 Å². The third-order valence-corrected chi connectivity index (χ3v) is 3.59. The standard InChI is InChI=1S/C14H19FN2O4/c1-16(10-14(18)2-4-21-5-3-14)9-11-6-12(15)8-13(7-11)17(19)20/h6-8,18H,2-5,9-10H2,1H3. The van der Waals surface area contributed by atoms with Gasteiger partial charge in [0, 0.05) is 45.2 Å². The van der Waals surface area contributed by atoms with E-state index in [4.69, 9.17) is 4.74 Å². The molecule has 1 aliphatic heterocycles. The van der Waals surface area contributed by atoms with E-state index in [0.29, 0.717) is 44.7 Å². The van der Waals surface area contributed by atoms with Gasteiger partial charge in [-0.3, -0.25) is 15.0 Å². The molecule has 1 aliphatic rings. The molecule has 116 valence electrons. The van der Waals surface area contributed by atoms with Gasteiger partial charge in [0.05, 0.1) is 16.6 Å². The summed E-state index contributed by atoms with van der Waals surface area (Å²) in [6.45, 7) is 1.80. The van der Waals surface area contributed by atoms with Crippen LogP contribution in [0.15, 0.2) is 18.2 Å². The molecule has 6 nitrogen and oxygen atoms in total. The summed E-state index contributed by atoms with van der Waals surface area (Å²) in [6, 6.07) is 3.53. The summed E-state index contributed by atoms with van der Waals surface area (Å²) >= 11 is 0. The van der Waals surface area contributed by atoms with Gasteiger partial charge in [-0.2, -0.15) is 0 Å². The fraction of sp³-hybridized carbons (Fsp3) is 0.571. The van der Waals surface area contributed by atoms with E-state index in [0.717, 1.165) is 6.07 Å². The molecule has 2 rings (SSSR count). The molecule has 0 bridgehead atoms. The molecular formula is C14H19FN2O4. The molecule has 0 spiro atoms. The lowest BCUT2D eigenvalue weighted by molar-refractivity contribution is -0.385. The van der Waals surface area contributed by atoms with Gasteiger partial charge >= 0.3 is 0 Å². The summed E-state index contributed by atoms with van der Waals surface area (Å²) in [5, 5.41) is 21.1. The lowest BCUT2D eigenvalue weighted by Gasteiger charge is -2.35. The topological polar surface area (TPSA) is 75.8 Å². The van der Waals surface area contributed by atoms with Crippen LogP contribution < -0.4 is 0 Å². The zero-order valence-electron chi connectivity index (χ0n) is 11.9. The van der Waals surface area contributed by atoms with Crippen molar-refractivity contribution in [3.63, 3.8) is 0 Å². The van der Waals surface area contributed by atoms with Gasteiger partial charge < -0.3 is 9.84 Å².